The molecule has 0 saturated heterocycles. The molecule has 2 heterocycles. The molecule has 24 heavy (non-hydrogen) atoms. The van der Waals surface area contributed by atoms with Crippen molar-refractivity contribution in [1.82, 2.24) is 14.8 Å². The van der Waals surface area contributed by atoms with Gasteiger partial charge >= 0.3 is 0 Å². The Kier molecular flexibility index (Phi) is 4.86. The lowest BCUT2D eigenvalue weighted by Crippen LogP contribution is -2.03. The van der Waals surface area contributed by atoms with E-state index in [1.807, 2.05) is 12.1 Å². The number of benzene rings is 1. The molecular formula is C17H15Cl2N3S2. The SMILES string of the molecule is Clc1ccc(CSc2nnc(Cc3cccs3)n2C2CC2)c(Cl)c1. The van der Waals surface area contributed by atoms with Crippen molar-refractivity contribution in [2.45, 2.75) is 36.2 Å². The molecule has 0 amide bonds. The van der Waals surface area contributed by atoms with Crippen LogP contribution in [0.4, 0.5) is 0 Å². The van der Waals surface area contributed by atoms with Crippen molar-refractivity contribution in [2.24, 2.45) is 0 Å². The summed E-state index contributed by atoms with van der Waals surface area (Å²) in [6.07, 6.45) is 3.28. The first-order valence-corrected chi connectivity index (χ1v) is 10.4. The molecule has 3 aromatic rings. The third-order valence-corrected chi connectivity index (χ3v) is 6.39. The van der Waals surface area contributed by atoms with Crippen LogP contribution in [-0.2, 0) is 12.2 Å². The fourth-order valence-electron chi connectivity index (χ4n) is 2.58. The monoisotopic (exact) mass is 395 g/mol. The van der Waals surface area contributed by atoms with E-state index in [4.69, 9.17) is 23.2 Å². The fraction of sp³-hybridized carbons (Fsp3) is 0.294. The van der Waals surface area contributed by atoms with Crippen LogP contribution in [0.3, 0.4) is 0 Å². The average Bonchev–Trinajstić information content (AvgIpc) is 3.11. The Balaban J connectivity index is 1.53. The van der Waals surface area contributed by atoms with E-state index >= 15 is 0 Å². The highest BCUT2D eigenvalue weighted by Gasteiger charge is 2.29. The first-order valence-electron chi connectivity index (χ1n) is 7.73. The van der Waals surface area contributed by atoms with Gasteiger partial charge in [0.2, 0.25) is 0 Å². The van der Waals surface area contributed by atoms with Crippen molar-refractivity contribution in [2.75, 3.05) is 0 Å². The number of hydrogen-bond acceptors (Lipinski definition) is 4. The maximum atomic E-state index is 6.27. The van der Waals surface area contributed by atoms with E-state index in [2.05, 4.69) is 32.3 Å². The highest BCUT2D eigenvalue weighted by atomic mass is 35.5. The Labute approximate surface area is 159 Å². The molecule has 0 radical (unpaired) electrons. The first kappa shape index (κ1) is 16.5. The van der Waals surface area contributed by atoms with Gasteiger partial charge in [-0.25, -0.2) is 0 Å². The maximum Gasteiger partial charge on any atom is 0.191 e. The zero-order valence-corrected chi connectivity index (χ0v) is 15.9. The molecule has 0 spiro atoms. The molecule has 0 bridgehead atoms. The molecular weight excluding hydrogens is 381 g/mol. The van der Waals surface area contributed by atoms with Crippen LogP contribution in [0.5, 0.6) is 0 Å². The highest BCUT2D eigenvalue weighted by Crippen LogP contribution is 2.40. The third kappa shape index (κ3) is 3.64. The number of halogens is 2. The standard InChI is InChI=1S/C17H15Cl2N3S2/c18-12-4-3-11(15(19)8-12)10-24-17-21-20-16(22(17)13-5-6-13)9-14-2-1-7-23-14/h1-4,7-8,13H,5-6,9-10H2. The van der Waals surface area contributed by atoms with Crippen LogP contribution in [0.2, 0.25) is 10.0 Å². The summed E-state index contributed by atoms with van der Waals surface area (Å²) in [7, 11) is 0. The zero-order chi connectivity index (χ0) is 16.5. The van der Waals surface area contributed by atoms with Crippen molar-refractivity contribution in [3.8, 4) is 0 Å². The minimum Gasteiger partial charge on any atom is -0.303 e. The van der Waals surface area contributed by atoms with E-state index in [9.17, 15) is 0 Å². The summed E-state index contributed by atoms with van der Waals surface area (Å²) in [4.78, 5) is 1.32. The van der Waals surface area contributed by atoms with Crippen LogP contribution in [0.1, 0.15) is 35.1 Å². The Morgan fingerprint density at radius 3 is 2.79 bits per heavy atom. The van der Waals surface area contributed by atoms with Gasteiger partial charge in [-0.05, 0) is 42.0 Å². The molecule has 0 aliphatic heterocycles. The van der Waals surface area contributed by atoms with Crippen molar-refractivity contribution in [3.05, 3.63) is 62.0 Å². The minimum absolute atomic E-state index is 0.554. The lowest BCUT2D eigenvalue weighted by Gasteiger charge is -2.09. The molecule has 1 saturated carbocycles. The summed E-state index contributed by atoms with van der Waals surface area (Å²) in [5.41, 5.74) is 1.07. The lowest BCUT2D eigenvalue weighted by molar-refractivity contribution is 0.635. The van der Waals surface area contributed by atoms with Crippen LogP contribution in [0, 0.1) is 0 Å². The predicted octanol–water partition coefficient (Wildman–Crippen LogP) is 5.86. The zero-order valence-electron chi connectivity index (χ0n) is 12.8. The summed E-state index contributed by atoms with van der Waals surface area (Å²) >= 11 is 15.7. The van der Waals surface area contributed by atoms with Gasteiger partial charge < -0.3 is 4.57 Å². The molecule has 2 aromatic heterocycles. The number of hydrogen-bond donors (Lipinski definition) is 0. The van der Waals surface area contributed by atoms with Crippen LogP contribution >= 0.6 is 46.3 Å². The van der Waals surface area contributed by atoms with Gasteiger partial charge in [-0.3, -0.25) is 0 Å². The van der Waals surface area contributed by atoms with Crippen LogP contribution in [0.25, 0.3) is 0 Å². The first-order chi connectivity index (χ1) is 11.7. The van der Waals surface area contributed by atoms with Gasteiger partial charge in [-0.15, -0.1) is 21.5 Å². The molecule has 4 rings (SSSR count). The molecule has 0 N–H and O–H groups in total. The van der Waals surface area contributed by atoms with E-state index in [-0.39, 0.29) is 0 Å². The fourth-order valence-corrected chi connectivity index (χ4v) is 4.86. The van der Waals surface area contributed by atoms with Crippen molar-refractivity contribution in [1.29, 1.82) is 0 Å². The van der Waals surface area contributed by atoms with E-state index < -0.39 is 0 Å². The van der Waals surface area contributed by atoms with E-state index in [1.165, 1.54) is 17.7 Å². The molecule has 1 aliphatic rings. The molecule has 7 heteroatoms. The Hall–Kier alpha value is -1.01. The van der Waals surface area contributed by atoms with Crippen molar-refractivity contribution in [3.63, 3.8) is 0 Å². The van der Waals surface area contributed by atoms with Crippen LogP contribution in [0.15, 0.2) is 40.9 Å². The molecule has 1 aliphatic carbocycles. The topological polar surface area (TPSA) is 30.7 Å². The van der Waals surface area contributed by atoms with Gasteiger partial charge in [-0.2, -0.15) is 0 Å². The number of aromatic nitrogens is 3. The second kappa shape index (κ2) is 7.08. The number of rotatable bonds is 6. The van der Waals surface area contributed by atoms with Gasteiger partial charge in [0.05, 0.1) is 0 Å². The summed E-state index contributed by atoms with van der Waals surface area (Å²) in [6.45, 7) is 0. The molecule has 1 fully saturated rings. The highest BCUT2D eigenvalue weighted by molar-refractivity contribution is 7.98. The van der Waals surface area contributed by atoms with Gasteiger partial charge in [0.15, 0.2) is 5.16 Å². The van der Waals surface area contributed by atoms with Crippen molar-refractivity contribution >= 4 is 46.3 Å². The molecule has 0 unspecified atom stereocenters. The Bertz CT molecular complexity index is 842. The Morgan fingerprint density at radius 1 is 1.21 bits per heavy atom. The summed E-state index contributed by atoms with van der Waals surface area (Å²) in [5, 5.41) is 13.3. The quantitative estimate of drug-likeness (QED) is 0.489. The van der Waals surface area contributed by atoms with Gasteiger partial charge in [0.1, 0.15) is 5.82 Å². The smallest absolute Gasteiger partial charge is 0.191 e. The number of nitrogens with zero attached hydrogens (tertiary/aromatic N) is 3. The largest absolute Gasteiger partial charge is 0.303 e. The number of thiophene rings is 1. The summed E-state index contributed by atoms with van der Waals surface area (Å²) in [6, 6.07) is 10.4. The molecule has 1 aromatic carbocycles. The van der Waals surface area contributed by atoms with E-state index in [1.54, 1.807) is 29.2 Å². The lowest BCUT2D eigenvalue weighted by atomic mass is 10.2. The van der Waals surface area contributed by atoms with Gasteiger partial charge in [0.25, 0.3) is 0 Å². The summed E-state index contributed by atoms with van der Waals surface area (Å²) < 4.78 is 2.31. The number of thioether (sulfide) groups is 1. The molecule has 3 nitrogen and oxygen atoms in total. The van der Waals surface area contributed by atoms with Crippen molar-refractivity contribution < 1.29 is 0 Å². The maximum absolute atomic E-state index is 6.27. The minimum atomic E-state index is 0.554. The van der Waals surface area contributed by atoms with Crippen LogP contribution < -0.4 is 0 Å². The van der Waals surface area contributed by atoms with E-state index in [0.29, 0.717) is 16.1 Å². The van der Waals surface area contributed by atoms with Crippen LogP contribution in [-0.4, -0.2) is 14.8 Å². The van der Waals surface area contributed by atoms with E-state index in [0.717, 1.165) is 28.7 Å². The second-order valence-electron chi connectivity index (χ2n) is 5.78. The normalized spacial score (nSPS) is 14.2. The molecule has 0 atom stereocenters. The third-order valence-electron chi connectivity index (χ3n) is 3.93. The average molecular weight is 396 g/mol. The predicted molar refractivity (Wildman–Crippen MR) is 101 cm³/mol. The summed E-state index contributed by atoms with van der Waals surface area (Å²) in [5.74, 6) is 1.82. The van der Waals surface area contributed by atoms with Gasteiger partial charge in [-0.1, -0.05) is 47.1 Å². The molecule has 124 valence electrons. The second-order valence-corrected chi connectivity index (χ2v) is 8.60. The van der Waals surface area contributed by atoms with Gasteiger partial charge in [0, 0.05) is 33.1 Å². The Morgan fingerprint density at radius 2 is 2.08 bits per heavy atom.